The first kappa shape index (κ1) is 19.0. The van der Waals surface area contributed by atoms with Crippen LogP contribution >= 0.6 is 0 Å². The third-order valence-electron chi connectivity index (χ3n) is 5.66. The van der Waals surface area contributed by atoms with E-state index in [2.05, 4.69) is 25.1 Å². The lowest BCUT2D eigenvalue weighted by molar-refractivity contribution is 0.0489. The third-order valence-corrected chi connectivity index (χ3v) is 5.66. The summed E-state index contributed by atoms with van der Waals surface area (Å²) in [6.45, 7) is 6.25. The number of H-pyrrole nitrogens is 1. The van der Waals surface area contributed by atoms with Gasteiger partial charge in [-0.05, 0) is 50.4 Å². The topological polar surface area (TPSA) is 66.9 Å². The van der Waals surface area contributed by atoms with E-state index < -0.39 is 0 Å². The molecule has 3 heterocycles. The first-order valence-electron chi connectivity index (χ1n) is 9.85. The first-order valence-corrected chi connectivity index (χ1v) is 9.85. The molecule has 0 bridgehead atoms. The highest BCUT2D eigenvalue weighted by Crippen LogP contribution is 2.36. The molecule has 0 aliphatic carbocycles. The minimum atomic E-state index is -0.185. The van der Waals surface area contributed by atoms with Crippen LogP contribution in [0, 0.1) is 11.2 Å². The molecule has 3 aromatic rings. The van der Waals surface area contributed by atoms with Gasteiger partial charge in [-0.3, -0.25) is 10.00 Å². The van der Waals surface area contributed by atoms with Gasteiger partial charge in [0.15, 0.2) is 0 Å². The van der Waals surface area contributed by atoms with Crippen molar-refractivity contribution >= 4 is 11.0 Å². The third kappa shape index (κ3) is 4.20. The van der Waals surface area contributed by atoms with E-state index in [1.165, 1.54) is 17.7 Å². The molecule has 1 aliphatic rings. The molecule has 1 aromatic carbocycles. The number of aryl methyl sites for hydroxylation is 1. The second kappa shape index (κ2) is 8.32. The molecule has 7 heteroatoms. The molecule has 28 heavy (non-hydrogen) atoms. The molecular formula is C21H26FN5O. The van der Waals surface area contributed by atoms with Crippen molar-refractivity contribution in [1.29, 1.82) is 0 Å². The van der Waals surface area contributed by atoms with Gasteiger partial charge in [0.2, 0.25) is 0 Å². The SMILES string of the molecule is CCOCC1(CCc2ccc(F)cc2)CCN(Cc2n[nH]c3cncnc23)C1. The summed E-state index contributed by atoms with van der Waals surface area (Å²) in [5.41, 5.74) is 4.01. The second-order valence-corrected chi connectivity index (χ2v) is 7.68. The molecule has 2 aromatic heterocycles. The van der Waals surface area contributed by atoms with Gasteiger partial charge in [-0.25, -0.2) is 14.4 Å². The Morgan fingerprint density at radius 1 is 1.29 bits per heavy atom. The van der Waals surface area contributed by atoms with Crippen molar-refractivity contribution in [1.82, 2.24) is 25.1 Å². The Labute approximate surface area is 164 Å². The number of nitrogens with one attached hydrogen (secondary N) is 1. The summed E-state index contributed by atoms with van der Waals surface area (Å²) in [7, 11) is 0. The van der Waals surface area contributed by atoms with Crippen molar-refractivity contribution in [2.75, 3.05) is 26.3 Å². The van der Waals surface area contributed by atoms with Gasteiger partial charge in [0, 0.05) is 25.1 Å². The first-order chi connectivity index (χ1) is 13.7. The summed E-state index contributed by atoms with van der Waals surface area (Å²) >= 11 is 0. The lowest BCUT2D eigenvalue weighted by Gasteiger charge is -2.29. The van der Waals surface area contributed by atoms with Crippen LogP contribution in [0.4, 0.5) is 4.39 Å². The number of likely N-dealkylation sites (tertiary alicyclic amines) is 1. The average Bonchev–Trinajstić information content (AvgIpc) is 3.31. The molecule has 0 spiro atoms. The van der Waals surface area contributed by atoms with Crippen LogP contribution in [-0.2, 0) is 17.7 Å². The number of aromatic amines is 1. The minimum absolute atomic E-state index is 0.117. The van der Waals surface area contributed by atoms with Gasteiger partial charge in [0.25, 0.3) is 0 Å². The molecule has 0 radical (unpaired) electrons. The monoisotopic (exact) mass is 383 g/mol. The number of halogens is 1. The maximum atomic E-state index is 13.2. The van der Waals surface area contributed by atoms with Crippen molar-refractivity contribution in [3.63, 3.8) is 0 Å². The molecule has 6 nitrogen and oxygen atoms in total. The number of rotatable bonds is 8. The molecular weight excluding hydrogens is 357 g/mol. The predicted octanol–water partition coefficient (Wildman–Crippen LogP) is 3.35. The van der Waals surface area contributed by atoms with E-state index in [0.717, 1.165) is 68.8 Å². The van der Waals surface area contributed by atoms with Crippen LogP contribution in [0.3, 0.4) is 0 Å². The molecule has 1 fully saturated rings. The van der Waals surface area contributed by atoms with Crippen molar-refractivity contribution in [3.05, 3.63) is 53.9 Å². The number of fused-ring (bicyclic) bond motifs is 1. The highest BCUT2D eigenvalue weighted by atomic mass is 19.1. The van der Waals surface area contributed by atoms with Crippen LogP contribution in [0.1, 0.15) is 31.0 Å². The van der Waals surface area contributed by atoms with Gasteiger partial charge >= 0.3 is 0 Å². The van der Waals surface area contributed by atoms with Crippen LogP contribution < -0.4 is 0 Å². The smallest absolute Gasteiger partial charge is 0.123 e. The van der Waals surface area contributed by atoms with E-state index >= 15 is 0 Å². The van der Waals surface area contributed by atoms with Gasteiger partial charge in [0.1, 0.15) is 28.9 Å². The Balaban J connectivity index is 1.43. The molecule has 1 saturated heterocycles. The molecule has 0 saturated carbocycles. The molecule has 148 valence electrons. The molecule has 0 amide bonds. The van der Waals surface area contributed by atoms with Crippen molar-refractivity contribution in [2.45, 2.75) is 32.7 Å². The maximum absolute atomic E-state index is 13.2. The number of benzene rings is 1. The number of hydrogen-bond donors (Lipinski definition) is 1. The normalized spacial score (nSPS) is 20.2. The zero-order valence-corrected chi connectivity index (χ0v) is 16.2. The lowest BCUT2D eigenvalue weighted by atomic mass is 9.82. The van der Waals surface area contributed by atoms with Crippen LogP contribution in [0.25, 0.3) is 11.0 Å². The average molecular weight is 383 g/mol. The lowest BCUT2D eigenvalue weighted by Crippen LogP contribution is -2.32. The number of ether oxygens (including phenoxy) is 1. The van der Waals surface area contributed by atoms with E-state index in [1.807, 2.05) is 19.1 Å². The zero-order chi connectivity index (χ0) is 19.4. The Morgan fingerprint density at radius 3 is 2.96 bits per heavy atom. The summed E-state index contributed by atoms with van der Waals surface area (Å²) in [6.07, 6.45) is 6.36. The molecule has 1 atom stereocenters. The summed E-state index contributed by atoms with van der Waals surface area (Å²) in [6, 6.07) is 6.84. The van der Waals surface area contributed by atoms with Crippen LogP contribution in [0.2, 0.25) is 0 Å². The largest absolute Gasteiger partial charge is 0.381 e. The number of hydrogen-bond acceptors (Lipinski definition) is 5. The summed E-state index contributed by atoms with van der Waals surface area (Å²) < 4.78 is 19.0. The summed E-state index contributed by atoms with van der Waals surface area (Å²) in [5, 5.41) is 7.45. The van der Waals surface area contributed by atoms with E-state index in [0.29, 0.717) is 0 Å². The quantitative estimate of drug-likeness (QED) is 0.646. The van der Waals surface area contributed by atoms with Gasteiger partial charge < -0.3 is 4.74 Å². The van der Waals surface area contributed by atoms with E-state index in [9.17, 15) is 4.39 Å². The Kier molecular flexibility index (Phi) is 5.64. The summed E-state index contributed by atoms with van der Waals surface area (Å²) in [4.78, 5) is 10.8. The van der Waals surface area contributed by atoms with E-state index in [-0.39, 0.29) is 11.2 Å². The molecule has 4 rings (SSSR count). The zero-order valence-electron chi connectivity index (χ0n) is 16.2. The van der Waals surface area contributed by atoms with E-state index in [1.54, 1.807) is 12.5 Å². The Hall–Kier alpha value is -2.38. The summed E-state index contributed by atoms with van der Waals surface area (Å²) in [5.74, 6) is -0.185. The van der Waals surface area contributed by atoms with E-state index in [4.69, 9.17) is 4.74 Å². The van der Waals surface area contributed by atoms with Crippen molar-refractivity contribution in [2.24, 2.45) is 5.41 Å². The molecule has 1 unspecified atom stereocenters. The fraction of sp³-hybridized carbons (Fsp3) is 0.476. The highest BCUT2D eigenvalue weighted by molar-refractivity contribution is 5.75. The molecule has 1 N–H and O–H groups in total. The Morgan fingerprint density at radius 2 is 2.14 bits per heavy atom. The second-order valence-electron chi connectivity index (χ2n) is 7.68. The van der Waals surface area contributed by atoms with Crippen LogP contribution in [-0.4, -0.2) is 51.4 Å². The maximum Gasteiger partial charge on any atom is 0.123 e. The fourth-order valence-corrected chi connectivity index (χ4v) is 4.08. The number of nitrogens with zero attached hydrogens (tertiary/aromatic N) is 4. The minimum Gasteiger partial charge on any atom is -0.381 e. The highest BCUT2D eigenvalue weighted by Gasteiger charge is 2.38. The predicted molar refractivity (Wildman–Crippen MR) is 105 cm³/mol. The van der Waals surface area contributed by atoms with Gasteiger partial charge in [-0.2, -0.15) is 5.10 Å². The van der Waals surface area contributed by atoms with Crippen molar-refractivity contribution in [3.8, 4) is 0 Å². The van der Waals surface area contributed by atoms with Gasteiger partial charge in [-0.15, -0.1) is 0 Å². The van der Waals surface area contributed by atoms with Crippen LogP contribution in [0.5, 0.6) is 0 Å². The van der Waals surface area contributed by atoms with Crippen molar-refractivity contribution < 1.29 is 9.13 Å². The fourth-order valence-electron chi connectivity index (χ4n) is 4.08. The Bertz CT molecular complexity index is 913. The van der Waals surface area contributed by atoms with Gasteiger partial charge in [0.05, 0.1) is 12.8 Å². The number of aromatic nitrogens is 4. The van der Waals surface area contributed by atoms with Crippen LogP contribution in [0.15, 0.2) is 36.8 Å². The van der Waals surface area contributed by atoms with Gasteiger partial charge in [-0.1, -0.05) is 12.1 Å². The molecule has 1 aliphatic heterocycles. The standard InChI is InChI=1S/C21H26FN5O/c1-2-28-14-21(8-7-16-3-5-17(22)6-4-16)9-10-27(13-21)12-19-20-18(25-26-19)11-23-15-24-20/h3-6,11,15H,2,7-10,12-14H2,1H3,(H,25,26).